The molecule has 2 rings (SSSR count). The summed E-state index contributed by atoms with van der Waals surface area (Å²) in [7, 11) is 1.81. The molecule has 0 saturated carbocycles. The molecular weight excluding hydrogens is 214 g/mol. The van der Waals surface area contributed by atoms with Crippen LogP contribution in [0.1, 0.15) is 31.9 Å². The Kier molecular flexibility index (Phi) is 3.07. The van der Waals surface area contributed by atoms with E-state index in [1.54, 1.807) is 5.01 Å². The van der Waals surface area contributed by atoms with Crippen LogP contribution in [0.3, 0.4) is 0 Å². The van der Waals surface area contributed by atoms with Crippen molar-refractivity contribution in [3.63, 3.8) is 0 Å². The number of nitrogens with zero attached hydrogens (tertiary/aromatic N) is 2. The topological polar surface area (TPSA) is 49.6 Å². The minimum absolute atomic E-state index is 0.0393. The van der Waals surface area contributed by atoms with E-state index in [4.69, 9.17) is 5.73 Å². The molecule has 92 valence electrons. The van der Waals surface area contributed by atoms with Gasteiger partial charge in [-0.1, -0.05) is 18.2 Å². The van der Waals surface area contributed by atoms with E-state index in [1.165, 1.54) is 0 Å². The van der Waals surface area contributed by atoms with Crippen molar-refractivity contribution in [3.8, 4) is 0 Å². The van der Waals surface area contributed by atoms with Gasteiger partial charge < -0.3 is 5.73 Å². The molecule has 1 aliphatic heterocycles. The molecule has 1 aliphatic rings. The molecule has 2 N–H and O–H groups in total. The van der Waals surface area contributed by atoms with E-state index in [9.17, 15) is 4.79 Å². The second-order valence-electron chi connectivity index (χ2n) is 4.66. The number of hydrogen-bond donors (Lipinski definition) is 1. The average molecular weight is 233 g/mol. The number of hydrazine groups is 1. The van der Waals surface area contributed by atoms with Gasteiger partial charge in [0.25, 0.3) is 0 Å². The minimum Gasteiger partial charge on any atom is -0.324 e. The first-order chi connectivity index (χ1) is 8.02. The number of hydrogen-bond acceptors (Lipinski definition) is 3. The van der Waals surface area contributed by atoms with Crippen LogP contribution in [0.4, 0.5) is 5.69 Å². The highest BCUT2D eigenvalue weighted by Gasteiger charge is 2.33. The molecule has 4 nitrogen and oxygen atoms in total. The Morgan fingerprint density at radius 1 is 1.41 bits per heavy atom. The second kappa shape index (κ2) is 4.37. The van der Waals surface area contributed by atoms with Gasteiger partial charge in [-0.05, 0) is 25.5 Å². The molecular formula is C13H19N3O. The first kappa shape index (κ1) is 11.9. The summed E-state index contributed by atoms with van der Waals surface area (Å²) in [6, 6.07) is 8.14. The van der Waals surface area contributed by atoms with Crippen molar-refractivity contribution in [3.05, 3.63) is 29.8 Å². The van der Waals surface area contributed by atoms with Gasteiger partial charge in [0.05, 0.1) is 18.2 Å². The fourth-order valence-corrected chi connectivity index (χ4v) is 2.37. The van der Waals surface area contributed by atoms with E-state index in [0.29, 0.717) is 6.42 Å². The van der Waals surface area contributed by atoms with Crippen molar-refractivity contribution in [2.75, 3.05) is 12.1 Å². The molecule has 1 aromatic rings. The molecule has 1 amide bonds. The lowest BCUT2D eigenvalue weighted by Gasteiger charge is -2.32. The normalized spacial score (nSPS) is 22.1. The summed E-state index contributed by atoms with van der Waals surface area (Å²) in [5.41, 5.74) is 8.08. The minimum atomic E-state index is -0.0393. The van der Waals surface area contributed by atoms with Crippen molar-refractivity contribution in [1.29, 1.82) is 0 Å². The Morgan fingerprint density at radius 2 is 2.06 bits per heavy atom. The van der Waals surface area contributed by atoms with Gasteiger partial charge in [-0.3, -0.25) is 14.8 Å². The number of para-hydroxylation sites is 1. The molecule has 0 bridgehead atoms. The third-order valence-corrected chi connectivity index (χ3v) is 3.25. The number of amides is 1. The maximum Gasteiger partial charge on any atom is 0.242 e. The van der Waals surface area contributed by atoms with Gasteiger partial charge in [-0.15, -0.1) is 0 Å². The van der Waals surface area contributed by atoms with Gasteiger partial charge in [0.2, 0.25) is 5.91 Å². The van der Waals surface area contributed by atoms with Crippen LogP contribution in [0.2, 0.25) is 0 Å². The van der Waals surface area contributed by atoms with Gasteiger partial charge in [0.1, 0.15) is 0 Å². The van der Waals surface area contributed by atoms with Crippen LogP contribution in [0.15, 0.2) is 24.3 Å². The third kappa shape index (κ3) is 2.00. The van der Waals surface area contributed by atoms with Crippen LogP contribution in [0.5, 0.6) is 0 Å². The van der Waals surface area contributed by atoms with Crippen LogP contribution in [0.25, 0.3) is 0 Å². The highest BCUT2D eigenvalue weighted by Crippen LogP contribution is 2.31. The van der Waals surface area contributed by atoms with E-state index in [2.05, 4.69) is 6.92 Å². The largest absolute Gasteiger partial charge is 0.324 e. The number of nitrogens with two attached hydrogens (primary N) is 1. The molecule has 4 heteroatoms. The number of rotatable bonds is 2. The molecule has 0 spiro atoms. The fourth-order valence-electron chi connectivity index (χ4n) is 2.37. The van der Waals surface area contributed by atoms with Crippen molar-refractivity contribution in [2.24, 2.45) is 5.73 Å². The SMILES string of the molecule is CC(N)c1ccccc1N1C(C)CC(=O)N1C. The van der Waals surface area contributed by atoms with Crippen molar-refractivity contribution < 1.29 is 4.79 Å². The Bertz CT molecular complexity index is 430. The first-order valence-electron chi connectivity index (χ1n) is 5.92. The van der Waals surface area contributed by atoms with Crippen molar-refractivity contribution in [2.45, 2.75) is 32.4 Å². The third-order valence-electron chi connectivity index (χ3n) is 3.25. The average Bonchev–Trinajstić information content (AvgIpc) is 2.53. The van der Waals surface area contributed by atoms with Crippen molar-refractivity contribution >= 4 is 11.6 Å². The summed E-state index contributed by atoms with van der Waals surface area (Å²) in [4.78, 5) is 11.7. The Hall–Kier alpha value is -1.55. The summed E-state index contributed by atoms with van der Waals surface area (Å²) in [6.45, 7) is 4.01. The van der Waals surface area contributed by atoms with E-state index in [-0.39, 0.29) is 18.0 Å². The van der Waals surface area contributed by atoms with E-state index < -0.39 is 0 Å². The van der Waals surface area contributed by atoms with E-state index >= 15 is 0 Å². The molecule has 0 radical (unpaired) electrons. The molecule has 1 aromatic carbocycles. The molecule has 2 unspecified atom stereocenters. The second-order valence-corrected chi connectivity index (χ2v) is 4.66. The Labute approximate surface area is 102 Å². The predicted octanol–water partition coefficient (Wildman–Crippen LogP) is 1.68. The summed E-state index contributed by atoms with van der Waals surface area (Å²) in [6.07, 6.45) is 0.559. The lowest BCUT2D eigenvalue weighted by molar-refractivity contribution is -0.126. The quantitative estimate of drug-likeness (QED) is 0.845. The molecule has 1 saturated heterocycles. The number of anilines is 1. The predicted molar refractivity (Wildman–Crippen MR) is 68.4 cm³/mol. The first-order valence-corrected chi connectivity index (χ1v) is 5.92. The Morgan fingerprint density at radius 3 is 2.59 bits per heavy atom. The van der Waals surface area contributed by atoms with E-state index in [0.717, 1.165) is 11.3 Å². The molecule has 0 aliphatic carbocycles. The maximum absolute atomic E-state index is 11.7. The van der Waals surface area contributed by atoms with Crippen LogP contribution in [0, 0.1) is 0 Å². The lowest BCUT2D eigenvalue weighted by Crippen LogP contribution is -2.39. The van der Waals surface area contributed by atoms with Gasteiger partial charge in [0, 0.05) is 13.1 Å². The molecule has 17 heavy (non-hydrogen) atoms. The summed E-state index contributed by atoms with van der Waals surface area (Å²) in [5.74, 6) is 0.150. The van der Waals surface area contributed by atoms with Gasteiger partial charge >= 0.3 is 0 Å². The van der Waals surface area contributed by atoms with Gasteiger partial charge in [0.15, 0.2) is 0 Å². The maximum atomic E-state index is 11.7. The Balaban J connectivity index is 2.43. The van der Waals surface area contributed by atoms with Crippen LogP contribution in [-0.4, -0.2) is 24.0 Å². The zero-order chi connectivity index (χ0) is 12.6. The standard InChI is InChI=1S/C13H19N3O/c1-9-8-13(17)15(3)16(9)12-7-5-4-6-11(12)10(2)14/h4-7,9-10H,8,14H2,1-3H3. The lowest BCUT2D eigenvalue weighted by atomic mass is 10.1. The van der Waals surface area contributed by atoms with Gasteiger partial charge in [-0.25, -0.2) is 0 Å². The molecule has 0 aromatic heterocycles. The summed E-state index contributed by atoms with van der Waals surface area (Å²) >= 11 is 0. The molecule has 1 heterocycles. The van der Waals surface area contributed by atoms with Crippen LogP contribution >= 0.6 is 0 Å². The van der Waals surface area contributed by atoms with Crippen LogP contribution < -0.4 is 10.7 Å². The van der Waals surface area contributed by atoms with Crippen molar-refractivity contribution in [1.82, 2.24) is 5.01 Å². The molecule has 1 fully saturated rings. The summed E-state index contributed by atoms with van der Waals surface area (Å²) in [5, 5.41) is 3.72. The molecule has 2 atom stereocenters. The van der Waals surface area contributed by atoms with E-state index in [1.807, 2.05) is 43.2 Å². The van der Waals surface area contributed by atoms with Crippen LogP contribution in [-0.2, 0) is 4.79 Å². The number of carbonyl (C=O) groups excluding carboxylic acids is 1. The zero-order valence-electron chi connectivity index (χ0n) is 10.6. The summed E-state index contributed by atoms with van der Waals surface area (Å²) < 4.78 is 0. The fraction of sp³-hybridized carbons (Fsp3) is 0.462. The monoisotopic (exact) mass is 233 g/mol. The highest BCUT2D eigenvalue weighted by molar-refractivity contribution is 5.82. The van der Waals surface area contributed by atoms with Gasteiger partial charge in [-0.2, -0.15) is 0 Å². The smallest absolute Gasteiger partial charge is 0.242 e. The zero-order valence-corrected chi connectivity index (χ0v) is 10.6. The number of benzene rings is 1. The number of carbonyl (C=O) groups is 1. The highest BCUT2D eigenvalue weighted by atomic mass is 16.2.